The second-order valence-corrected chi connectivity index (χ2v) is 2.58. The standard InChI is InChI=1S/C7H8N2S/c1-4-8-7(9-5-2)10-6-3/h1-2H,6H2,3H3,(H,8,9)/p+1. The Morgan fingerprint density at radius 1 is 1.70 bits per heavy atom. The summed E-state index contributed by atoms with van der Waals surface area (Å²) in [5, 5.41) is 3.37. The predicted molar refractivity (Wildman–Crippen MR) is 44.9 cm³/mol. The Hall–Kier alpha value is -1.06. The first-order valence-electron chi connectivity index (χ1n) is 2.78. The molecule has 2 N–H and O–H groups in total. The van der Waals surface area contributed by atoms with Gasteiger partial charge in [0.05, 0.1) is 0 Å². The van der Waals surface area contributed by atoms with E-state index in [1.54, 1.807) is 0 Å². The summed E-state index contributed by atoms with van der Waals surface area (Å²) in [4.78, 5) is 2.64. The van der Waals surface area contributed by atoms with E-state index in [-0.39, 0.29) is 0 Å². The lowest BCUT2D eigenvalue weighted by atomic mass is 11.0. The molecule has 0 aromatic heterocycles. The average molecular weight is 153 g/mol. The van der Waals surface area contributed by atoms with Crippen LogP contribution in [0, 0.1) is 24.9 Å². The van der Waals surface area contributed by atoms with Crippen molar-refractivity contribution in [1.82, 2.24) is 5.32 Å². The van der Waals surface area contributed by atoms with Gasteiger partial charge in [-0.25, -0.2) is 0 Å². The zero-order chi connectivity index (χ0) is 7.82. The maximum absolute atomic E-state index is 4.99. The average Bonchev–Trinajstić information content (AvgIpc) is 1.90. The highest BCUT2D eigenvalue weighted by Crippen LogP contribution is 1.93. The monoisotopic (exact) mass is 153 g/mol. The Kier molecular flexibility index (Phi) is 5.42. The zero-order valence-electron chi connectivity index (χ0n) is 5.77. The molecule has 0 rings (SSSR count). The smallest absolute Gasteiger partial charge is 0.190 e. The molecule has 0 heterocycles. The first kappa shape index (κ1) is 8.94. The Bertz CT molecular complexity index is 195. The highest BCUT2D eigenvalue weighted by atomic mass is 32.2. The Labute approximate surface area is 65.5 Å². The van der Waals surface area contributed by atoms with Crippen LogP contribution in [0.3, 0.4) is 0 Å². The van der Waals surface area contributed by atoms with E-state index < -0.39 is 0 Å². The van der Waals surface area contributed by atoms with Crippen molar-refractivity contribution >= 4 is 16.9 Å². The van der Waals surface area contributed by atoms with Gasteiger partial charge in [0.15, 0.2) is 0 Å². The summed E-state index contributed by atoms with van der Waals surface area (Å²) in [7, 11) is 0. The van der Waals surface area contributed by atoms with Gasteiger partial charge in [-0.15, -0.1) is 0 Å². The van der Waals surface area contributed by atoms with Crippen LogP contribution in [0.2, 0.25) is 0 Å². The molecule has 0 amide bonds. The molecule has 0 aliphatic carbocycles. The van der Waals surface area contributed by atoms with Crippen LogP contribution >= 0.6 is 11.8 Å². The van der Waals surface area contributed by atoms with Crippen LogP contribution < -0.4 is 10.3 Å². The minimum Gasteiger partial charge on any atom is -0.190 e. The fourth-order valence-electron chi connectivity index (χ4n) is 0.379. The Morgan fingerprint density at radius 3 is 2.80 bits per heavy atom. The molecule has 0 aliphatic heterocycles. The molecule has 0 aromatic rings. The lowest BCUT2D eigenvalue weighted by molar-refractivity contribution is -0.345. The molecular formula is C7H9N2S+. The van der Waals surface area contributed by atoms with Crippen molar-refractivity contribution in [2.75, 3.05) is 5.75 Å². The number of thioether (sulfide) groups is 1. The van der Waals surface area contributed by atoms with Gasteiger partial charge >= 0.3 is 5.17 Å². The van der Waals surface area contributed by atoms with Crippen LogP contribution in [0.1, 0.15) is 6.92 Å². The van der Waals surface area contributed by atoms with Gasteiger partial charge in [-0.2, -0.15) is 10.3 Å². The summed E-state index contributed by atoms with van der Waals surface area (Å²) >= 11 is 1.53. The maximum Gasteiger partial charge on any atom is 0.330 e. The van der Waals surface area contributed by atoms with Crippen LogP contribution in [0.4, 0.5) is 0 Å². The van der Waals surface area contributed by atoms with Crippen molar-refractivity contribution in [3.8, 4) is 24.9 Å². The van der Waals surface area contributed by atoms with Gasteiger partial charge in [0.1, 0.15) is 12.1 Å². The molecule has 0 spiro atoms. The van der Waals surface area contributed by atoms with E-state index in [0.29, 0.717) is 0 Å². The highest BCUT2D eigenvalue weighted by molar-refractivity contribution is 8.13. The second-order valence-electron chi connectivity index (χ2n) is 1.30. The molecule has 0 fully saturated rings. The SMILES string of the molecule is C#CNC(=[NH+]C#C)SCC. The number of terminal acetylenes is 2. The summed E-state index contributed by atoms with van der Waals surface area (Å²) in [5.74, 6) is 0.929. The third-order valence-electron chi connectivity index (χ3n) is 0.660. The van der Waals surface area contributed by atoms with Gasteiger partial charge in [-0.3, -0.25) is 0 Å². The molecule has 0 atom stereocenters. The number of amidine groups is 1. The normalized spacial score (nSPS) is 9.70. The maximum atomic E-state index is 4.99. The van der Waals surface area contributed by atoms with Crippen LogP contribution in [0.25, 0.3) is 0 Å². The fourth-order valence-corrected chi connectivity index (χ4v) is 0.930. The van der Waals surface area contributed by atoms with Crippen LogP contribution in [0.5, 0.6) is 0 Å². The summed E-state index contributed by atoms with van der Waals surface area (Å²) in [6, 6.07) is 4.54. The lowest BCUT2D eigenvalue weighted by Gasteiger charge is -1.88. The van der Waals surface area contributed by atoms with Crippen molar-refractivity contribution < 1.29 is 4.99 Å². The summed E-state index contributed by atoms with van der Waals surface area (Å²) in [6.07, 6.45) is 9.97. The molecule has 0 aliphatic rings. The fraction of sp³-hybridized carbons (Fsp3) is 0.286. The van der Waals surface area contributed by atoms with E-state index in [1.165, 1.54) is 11.8 Å². The van der Waals surface area contributed by atoms with Gasteiger partial charge in [-0.1, -0.05) is 19.8 Å². The molecule has 10 heavy (non-hydrogen) atoms. The van der Waals surface area contributed by atoms with Crippen molar-refractivity contribution in [3.63, 3.8) is 0 Å². The third-order valence-corrected chi connectivity index (χ3v) is 1.44. The number of rotatable bonds is 1. The van der Waals surface area contributed by atoms with Gasteiger partial charge in [-0.05, 0) is 11.8 Å². The van der Waals surface area contributed by atoms with E-state index in [2.05, 4.69) is 22.4 Å². The first-order valence-corrected chi connectivity index (χ1v) is 3.76. The summed E-state index contributed by atoms with van der Waals surface area (Å²) in [5.41, 5.74) is 0. The van der Waals surface area contributed by atoms with Crippen molar-refractivity contribution in [2.24, 2.45) is 0 Å². The van der Waals surface area contributed by atoms with E-state index in [4.69, 9.17) is 12.8 Å². The van der Waals surface area contributed by atoms with Gasteiger partial charge in [0.2, 0.25) is 0 Å². The Morgan fingerprint density at radius 2 is 2.40 bits per heavy atom. The minimum atomic E-state index is 0.729. The van der Waals surface area contributed by atoms with E-state index in [1.807, 2.05) is 6.92 Å². The van der Waals surface area contributed by atoms with E-state index in [0.717, 1.165) is 10.9 Å². The van der Waals surface area contributed by atoms with Crippen LogP contribution in [-0.2, 0) is 0 Å². The molecular weight excluding hydrogens is 144 g/mol. The molecule has 2 nitrogen and oxygen atoms in total. The van der Waals surface area contributed by atoms with Crippen LogP contribution in [-0.4, -0.2) is 10.9 Å². The summed E-state index contributed by atoms with van der Waals surface area (Å²) in [6.45, 7) is 2.01. The molecule has 0 aromatic carbocycles. The lowest BCUT2D eigenvalue weighted by Crippen LogP contribution is -2.69. The van der Waals surface area contributed by atoms with Crippen molar-refractivity contribution in [3.05, 3.63) is 0 Å². The molecule has 0 saturated heterocycles. The predicted octanol–water partition coefficient (Wildman–Crippen LogP) is -1.05. The molecule has 0 saturated carbocycles. The molecule has 0 unspecified atom stereocenters. The number of hydrogen-bond acceptors (Lipinski definition) is 1. The first-order chi connectivity index (χ1) is 4.85. The highest BCUT2D eigenvalue weighted by Gasteiger charge is 2.00. The van der Waals surface area contributed by atoms with Gasteiger partial charge in [0.25, 0.3) is 0 Å². The topological polar surface area (TPSA) is 26.0 Å². The molecule has 52 valence electrons. The van der Waals surface area contributed by atoms with Crippen molar-refractivity contribution in [2.45, 2.75) is 6.92 Å². The minimum absolute atomic E-state index is 0.729. The van der Waals surface area contributed by atoms with Gasteiger partial charge in [0, 0.05) is 5.75 Å². The Balaban J connectivity index is 3.90. The molecule has 0 radical (unpaired) electrons. The third kappa shape index (κ3) is 3.88. The van der Waals surface area contributed by atoms with Crippen molar-refractivity contribution in [1.29, 1.82) is 0 Å². The quantitative estimate of drug-likeness (QED) is 0.217. The van der Waals surface area contributed by atoms with Crippen LogP contribution in [0.15, 0.2) is 0 Å². The van der Waals surface area contributed by atoms with E-state index in [9.17, 15) is 0 Å². The molecule has 0 bridgehead atoms. The number of hydrogen-bond donors (Lipinski definition) is 2. The van der Waals surface area contributed by atoms with E-state index >= 15 is 0 Å². The number of nitrogens with one attached hydrogen (secondary N) is 2. The largest absolute Gasteiger partial charge is 0.330 e. The molecule has 3 heteroatoms. The summed E-state index contributed by atoms with van der Waals surface area (Å²) < 4.78 is 0. The zero-order valence-corrected chi connectivity index (χ0v) is 6.59. The second kappa shape index (κ2) is 6.07. The van der Waals surface area contributed by atoms with Gasteiger partial charge < -0.3 is 0 Å².